The molecule has 0 aliphatic carbocycles. The normalized spacial score (nSPS) is 20.6. The van der Waals surface area contributed by atoms with E-state index in [9.17, 15) is 0 Å². The molecule has 0 spiro atoms. The van der Waals surface area contributed by atoms with Crippen LogP contribution in [0.15, 0.2) is 24.3 Å². The summed E-state index contributed by atoms with van der Waals surface area (Å²) >= 11 is 0. The van der Waals surface area contributed by atoms with E-state index in [1.165, 1.54) is 31.5 Å². The maximum Gasteiger partial charge on any atom is 0.123 e. The SMILES string of the molecule is CCCNC(CN1CCC(CC)C1)c1ccccc1OC. The van der Waals surface area contributed by atoms with Crippen molar-refractivity contribution in [3.63, 3.8) is 0 Å². The molecule has 3 nitrogen and oxygen atoms in total. The van der Waals surface area contributed by atoms with Gasteiger partial charge in [0.25, 0.3) is 0 Å². The molecule has 1 N–H and O–H groups in total. The minimum absolute atomic E-state index is 0.358. The van der Waals surface area contributed by atoms with E-state index in [4.69, 9.17) is 4.74 Å². The molecule has 1 saturated heterocycles. The number of benzene rings is 1. The largest absolute Gasteiger partial charge is 0.496 e. The number of methoxy groups -OCH3 is 1. The van der Waals surface area contributed by atoms with Gasteiger partial charge in [-0.2, -0.15) is 0 Å². The lowest BCUT2D eigenvalue weighted by molar-refractivity contribution is 0.277. The number of para-hydroxylation sites is 1. The minimum Gasteiger partial charge on any atom is -0.496 e. The molecule has 2 atom stereocenters. The summed E-state index contributed by atoms with van der Waals surface area (Å²) < 4.78 is 5.55. The Hall–Kier alpha value is -1.06. The molecule has 1 aliphatic heterocycles. The van der Waals surface area contributed by atoms with Gasteiger partial charge in [-0.1, -0.05) is 38.5 Å². The first kappa shape index (κ1) is 16.3. The van der Waals surface area contributed by atoms with Gasteiger partial charge >= 0.3 is 0 Å². The van der Waals surface area contributed by atoms with Crippen molar-refractivity contribution in [3.05, 3.63) is 29.8 Å². The van der Waals surface area contributed by atoms with Crippen molar-refractivity contribution >= 4 is 0 Å². The Morgan fingerprint density at radius 3 is 2.81 bits per heavy atom. The molecule has 1 aromatic rings. The van der Waals surface area contributed by atoms with Gasteiger partial charge in [0.15, 0.2) is 0 Å². The van der Waals surface area contributed by atoms with Crippen molar-refractivity contribution in [2.75, 3.05) is 33.3 Å². The van der Waals surface area contributed by atoms with Gasteiger partial charge in [0, 0.05) is 24.7 Å². The van der Waals surface area contributed by atoms with Gasteiger partial charge in [0.1, 0.15) is 5.75 Å². The van der Waals surface area contributed by atoms with E-state index in [2.05, 4.69) is 42.3 Å². The molecule has 21 heavy (non-hydrogen) atoms. The van der Waals surface area contributed by atoms with E-state index in [-0.39, 0.29) is 0 Å². The van der Waals surface area contributed by atoms with Gasteiger partial charge in [-0.15, -0.1) is 0 Å². The van der Waals surface area contributed by atoms with Crippen LogP contribution in [-0.4, -0.2) is 38.2 Å². The third-order valence-corrected chi connectivity index (χ3v) is 4.54. The summed E-state index contributed by atoms with van der Waals surface area (Å²) in [4.78, 5) is 2.61. The van der Waals surface area contributed by atoms with Gasteiger partial charge in [-0.25, -0.2) is 0 Å². The topological polar surface area (TPSA) is 24.5 Å². The first-order valence-corrected chi connectivity index (χ1v) is 8.37. The lowest BCUT2D eigenvalue weighted by Crippen LogP contribution is -2.34. The fraction of sp³-hybridized carbons (Fsp3) is 0.667. The second-order valence-electron chi connectivity index (χ2n) is 6.07. The first-order chi connectivity index (χ1) is 10.3. The molecule has 1 fully saturated rings. The summed E-state index contributed by atoms with van der Waals surface area (Å²) in [5, 5.41) is 3.70. The van der Waals surface area contributed by atoms with Crippen LogP contribution in [0.1, 0.15) is 44.7 Å². The highest BCUT2D eigenvalue weighted by Crippen LogP contribution is 2.28. The monoisotopic (exact) mass is 290 g/mol. The molecule has 0 aromatic heterocycles. The van der Waals surface area contributed by atoms with Crippen molar-refractivity contribution in [2.24, 2.45) is 5.92 Å². The number of nitrogens with zero attached hydrogens (tertiary/aromatic N) is 1. The van der Waals surface area contributed by atoms with E-state index in [0.29, 0.717) is 6.04 Å². The Labute approximate surface area is 129 Å². The molecule has 3 heteroatoms. The fourth-order valence-corrected chi connectivity index (χ4v) is 3.22. The summed E-state index contributed by atoms with van der Waals surface area (Å²) in [5.74, 6) is 1.88. The quantitative estimate of drug-likeness (QED) is 0.793. The highest BCUT2D eigenvalue weighted by atomic mass is 16.5. The standard InChI is InChI=1S/C18H30N2O/c1-4-11-19-17(14-20-12-10-15(5-2)13-20)16-8-6-7-9-18(16)21-3/h6-9,15,17,19H,4-5,10-14H2,1-3H3. The molecular formula is C18H30N2O. The molecular weight excluding hydrogens is 260 g/mol. The molecule has 2 rings (SSSR count). The van der Waals surface area contributed by atoms with Gasteiger partial charge in [0.05, 0.1) is 7.11 Å². The van der Waals surface area contributed by atoms with Crippen molar-refractivity contribution in [1.29, 1.82) is 0 Å². The third kappa shape index (κ3) is 4.45. The predicted octanol–water partition coefficient (Wildman–Crippen LogP) is 3.47. The zero-order chi connectivity index (χ0) is 15.1. The zero-order valence-electron chi connectivity index (χ0n) is 13.8. The van der Waals surface area contributed by atoms with Crippen LogP contribution in [0.2, 0.25) is 0 Å². The number of hydrogen-bond acceptors (Lipinski definition) is 3. The summed E-state index contributed by atoms with van der Waals surface area (Å²) in [6.07, 6.45) is 3.81. The summed E-state index contributed by atoms with van der Waals surface area (Å²) in [6, 6.07) is 8.77. The number of nitrogens with one attached hydrogen (secondary N) is 1. The molecule has 118 valence electrons. The molecule has 0 amide bonds. The van der Waals surface area contributed by atoms with Gasteiger partial charge in [-0.05, 0) is 37.9 Å². The predicted molar refractivity (Wildman–Crippen MR) is 88.9 cm³/mol. The van der Waals surface area contributed by atoms with E-state index in [1.807, 2.05) is 6.07 Å². The molecule has 0 bridgehead atoms. The van der Waals surface area contributed by atoms with Crippen LogP contribution in [0.5, 0.6) is 5.75 Å². The molecule has 2 unspecified atom stereocenters. The Kier molecular flexibility index (Phi) is 6.52. The Morgan fingerprint density at radius 1 is 1.33 bits per heavy atom. The van der Waals surface area contributed by atoms with Gasteiger partial charge in [0.2, 0.25) is 0 Å². The van der Waals surface area contributed by atoms with Crippen molar-refractivity contribution in [1.82, 2.24) is 10.2 Å². The Morgan fingerprint density at radius 2 is 2.14 bits per heavy atom. The summed E-state index contributed by atoms with van der Waals surface area (Å²) in [5.41, 5.74) is 1.29. The smallest absolute Gasteiger partial charge is 0.123 e. The van der Waals surface area contributed by atoms with Crippen LogP contribution in [-0.2, 0) is 0 Å². The van der Waals surface area contributed by atoms with E-state index < -0.39 is 0 Å². The van der Waals surface area contributed by atoms with Crippen LogP contribution in [0.4, 0.5) is 0 Å². The maximum absolute atomic E-state index is 5.55. The van der Waals surface area contributed by atoms with Crippen molar-refractivity contribution in [2.45, 2.75) is 39.2 Å². The lowest BCUT2D eigenvalue weighted by Gasteiger charge is -2.26. The summed E-state index contributed by atoms with van der Waals surface area (Å²) in [7, 11) is 1.76. The van der Waals surface area contributed by atoms with Crippen molar-refractivity contribution < 1.29 is 4.74 Å². The van der Waals surface area contributed by atoms with Gasteiger partial charge in [-0.3, -0.25) is 0 Å². The van der Waals surface area contributed by atoms with E-state index >= 15 is 0 Å². The first-order valence-electron chi connectivity index (χ1n) is 8.37. The van der Waals surface area contributed by atoms with Crippen LogP contribution >= 0.6 is 0 Å². The molecule has 1 aliphatic rings. The van der Waals surface area contributed by atoms with Crippen LogP contribution in [0.3, 0.4) is 0 Å². The average molecular weight is 290 g/mol. The number of rotatable bonds is 8. The van der Waals surface area contributed by atoms with Crippen LogP contribution < -0.4 is 10.1 Å². The molecule has 0 radical (unpaired) electrons. The average Bonchev–Trinajstić information content (AvgIpc) is 2.99. The summed E-state index contributed by atoms with van der Waals surface area (Å²) in [6.45, 7) is 9.13. The van der Waals surface area contributed by atoms with E-state index in [0.717, 1.165) is 31.2 Å². The van der Waals surface area contributed by atoms with Crippen LogP contribution in [0.25, 0.3) is 0 Å². The lowest BCUT2D eigenvalue weighted by atomic mass is 10.0. The zero-order valence-corrected chi connectivity index (χ0v) is 13.8. The van der Waals surface area contributed by atoms with Crippen molar-refractivity contribution in [3.8, 4) is 5.75 Å². The highest BCUT2D eigenvalue weighted by Gasteiger charge is 2.25. The maximum atomic E-state index is 5.55. The number of ether oxygens (including phenoxy) is 1. The Balaban J connectivity index is 2.07. The number of hydrogen-bond donors (Lipinski definition) is 1. The minimum atomic E-state index is 0.358. The highest BCUT2D eigenvalue weighted by molar-refractivity contribution is 5.36. The second kappa shape index (κ2) is 8.40. The second-order valence-corrected chi connectivity index (χ2v) is 6.07. The molecule has 1 heterocycles. The molecule has 0 saturated carbocycles. The van der Waals surface area contributed by atoms with Gasteiger partial charge < -0.3 is 15.0 Å². The Bertz CT molecular complexity index is 421. The van der Waals surface area contributed by atoms with E-state index in [1.54, 1.807) is 7.11 Å². The molecule has 1 aromatic carbocycles. The third-order valence-electron chi connectivity index (χ3n) is 4.54. The number of likely N-dealkylation sites (tertiary alicyclic amines) is 1. The fourth-order valence-electron chi connectivity index (χ4n) is 3.22. The van der Waals surface area contributed by atoms with Crippen LogP contribution in [0, 0.1) is 5.92 Å².